The third-order valence-electron chi connectivity index (χ3n) is 2.81. The molecule has 1 aromatic rings. The van der Waals surface area contributed by atoms with Gasteiger partial charge in [0.15, 0.2) is 0 Å². The molecule has 0 bridgehead atoms. The zero-order valence-corrected chi connectivity index (χ0v) is 12.0. The molecule has 1 amide bonds. The first kappa shape index (κ1) is 15.7. The van der Waals surface area contributed by atoms with Gasteiger partial charge in [0.2, 0.25) is 0 Å². The molecule has 0 aliphatic rings. The van der Waals surface area contributed by atoms with Crippen molar-refractivity contribution in [3.8, 4) is 11.8 Å². The highest BCUT2D eigenvalue weighted by molar-refractivity contribution is 5.94. The number of benzene rings is 1. The van der Waals surface area contributed by atoms with Crippen molar-refractivity contribution < 1.29 is 9.53 Å². The molecule has 1 N–H and O–H groups in total. The van der Waals surface area contributed by atoms with E-state index in [1.54, 1.807) is 37.6 Å². The molecule has 0 atom stereocenters. The molecule has 0 fully saturated rings. The lowest BCUT2D eigenvalue weighted by atomic mass is 9.90. The van der Waals surface area contributed by atoms with Crippen LogP contribution in [0.1, 0.15) is 37.0 Å². The van der Waals surface area contributed by atoms with E-state index in [2.05, 4.69) is 16.6 Å². The molecule has 0 heterocycles. The number of ether oxygens (including phenoxy) is 1. The highest BCUT2D eigenvalue weighted by atomic mass is 16.5. The fourth-order valence-corrected chi connectivity index (χ4v) is 1.52. The second-order valence-electron chi connectivity index (χ2n) is 5.07. The minimum absolute atomic E-state index is 0.219. The van der Waals surface area contributed by atoms with Crippen LogP contribution in [-0.2, 0) is 0 Å². The summed E-state index contributed by atoms with van der Waals surface area (Å²) in [6.45, 7) is 3.93. The van der Waals surface area contributed by atoms with E-state index in [9.17, 15) is 4.79 Å². The van der Waals surface area contributed by atoms with Crippen LogP contribution in [0.4, 0.5) is 0 Å². The van der Waals surface area contributed by atoms with Gasteiger partial charge >= 0.3 is 0 Å². The summed E-state index contributed by atoms with van der Waals surface area (Å²) in [4.78, 5) is 11.8. The number of nitrogens with one attached hydrogen (secondary N) is 1. The third kappa shape index (κ3) is 5.11. The molecular formula is C15H19N3O2. The Morgan fingerprint density at radius 2 is 2.10 bits per heavy atom. The van der Waals surface area contributed by atoms with Crippen molar-refractivity contribution in [2.24, 2.45) is 10.5 Å². The summed E-state index contributed by atoms with van der Waals surface area (Å²) in [7, 11) is 1.57. The summed E-state index contributed by atoms with van der Waals surface area (Å²) in [5.41, 5.74) is 2.77. The number of nitriles is 1. The lowest BCUT2D eigenvalue weighted by molar-refractivity contribution is 0.0954. The second-order valence-corrected chi connectivity index (χ2v) is 5.07. The molecule has 0 spiro atoms. The first-order valence-electron chi connectivity index (χ1n) is 6.34. The van der Waals surface area contributed by atoms with Crippen molar-refractivity contribution in [1.82, 2.24) is 5.43 Å². The lowest BCUT2D eigenvalue weighted by Crippen LogP contribution is -2.21. The van der Waals surface area contributed by atoms with E-state index in [1.807, 2.05) is 13.8 Å². The van der Waals surface area contributed by atoms with E-state index in [1.165, 1.54) is 0 Å². The van der Waals surface area contributed by atoms with E-state index >= 15 is 0 Å². The highest BCUT2D eigenvalue weighted by Crippen LogP contribution is 2.18. The molecule has 0 radical (unpaired) electrons. The van der Waals surface area contributed by atoms with Gasteiger partial charge in [-0.1, -0.05) is 13.8 Å². The largest absolute Gasteiger partial charge is 0.497 e. The highest BCUT2D eigenvalue weighted by Gasteiger charge is 2.14. The Kier molecular flexibility index (Phi) is 5.73. The summed E-state index contributed by atoms with van der Waals surface area (Å²) >= 11 is 0. The van der Waals surface area contributed by atoms with Crippen LogP contribution in [0.5, 0.6) is 5.75 Å². The van der Waals surface area contributed by atoms with Crippen LogP contribution < -0.4 is 10.2 Å². The van der Waals surface area contributed by atoms with Crippen LogP contribution in [0.25, 0.3) is 0 Å². The maximum absolute atomic E-state index is 11.8. The van der Waals surface area contributed by atoms with Gasteiger partial charge in [-0.3, -0.25) is 4.79 Å². The summed E-state index contributed by atoms with van der Waals surface area (Å²) in [5.74, 6) is 0.419. The fraction of sp³-hybridized carbons (Fsp3) is 0.400. The normalized spacial score (nSPS) is 11.1. The molecular weight excluding hydrogens is 254 g/mol. The van der Waals surface area contributed by atoms with E-state index in [-0.39, 0.29) is 11.3 Å². The van der Waals surface area contributed by atoms with Crippen molar-refractivity contribution in [3.63, 3.8) is 0 Å². The molecule has 1 aromatic carbocycles. The average molecular weight is 273 g/mol. The van der Waals surface area contributed by atoms with Gasteiger partial charge in [0.25, 0.3) is 5.91 Å². The average Bonchev–Trinajstić information content (AvgIpc) is 2.45. The predicted molar refractivity (Wildman–Crippen MR) is 77.6 cm³/mol. The molecule has 1 rings (SSSR count). The second kappa shape index (κ2) is 7.29. The molecule has 106 valence electrons. The molecule has 5 nitrogen and oxygen atoms in total. The predicted octanol–water partition coefficient (Wildman–Crippen LogP) is 2.74. The quantitative estimate of drug-likeness (QED) is 0.639. The van der Waals surface area contributed by atoms with Crippen LogP contribution in [0, 0.1) is 16.7 Å². The Morgan fingerprint density at radius 1 is 1.45 bits per heavy atom. The summed E-state index contributed by atoms with van der Waals surface area (Å²) in [6, 6.07) is 8.88. The van der Waals surface area contributed by atoms with E-state index in [0.29, 0.717) is 24.2 Å². The minimum atomic E-state index is -0.278. The zero-order chi connectivity index (χ0) is 15.0. The molecule has 0 aliphatic carbocycles. The van der Waals surface area contributed by atoms with Crippen molar-refractivity contribution >= 4 is 12.1 Å². The van der Waals surface area contributed by atoms with E-state index in [0.717, 1.165) is 0 Å². The monoisotopic (exact) mass is 273 g/mol. The van der Waals surface area contributed by atoms with E-state index < -0.39 is 0 Å². The van der Waals surface area contributed by atoms with Crippen molar-refractivity contribution in [3.05, 3.63) is 29.8 Å². The Hall–Kier alpha value is -2.35. The third-order valence-corrected chi connectivity index (χ3v) is 2.81. The van der Waals surface area contributed by atoms with Crippen molar-refractivity contribution in [2.75, 3.05) is 7.11 Å². The van der Waals surface area contributed by atoms with Crippen LogP contribution in [0.2, 0.25) is 0 Å². The van der Waals surface area contributed by atoms with E-state index in [4.69, 9.17) is 10.00 Å². The Balaban J connectivity index is 2.56. The number of amides is 1. The molecule has 20 heavy (non-hydrogen) atoms. The van der Waals surface area contributed by atoms with Crippen LogP contribution in [0.15, 0.2) is 29.4 Å². The number of methoxy groups -OCH3 is 1. The van der Waals surface area contributed by atoms with Crippen LogP contribution in [0.3, 0.4) is 0 Å². The van der Waals surface area contributed by atoms with Gasteiger partial charge in [-0.05, 0) is 30.7 Å². The lowest BCUT2D eigenvalue weighted by Gasteiger charge is -2.16. The summed E-state index contributed by atoms with van der Waals surface area (Å²) in [6.07, 6.45) is 2.82. The Labute approximate surface area is 119 Å². The zero-order valence-electron chi connectivity index (χ0n) is 12.0. The molecule has 0 aliphatic heterocycles. The van der Waals surface area contributed by atoms with Gasteiger partial charge in [0.1, 0.15) is 5.75 Å². The van der Waals surface area contributed by atoms with Crippen molar-refractivity contribution in [2.45, 2.75) is 26.7 Å². The summed E-state index contributed by atoms with van der Waals surface area (Å²) in [5, 5.41) is 12.5. The van der Waals surface area contributed by atoms with Gasteiger partial charge in [-0.25, -0.2) is 5.43 Å². The van der Waals surface area contributed by atoms with Gasteiger partial charge in [-0.15, -0.1) is 0 Å². The molecule has 0 saturated heterocycles. The Morgan fingerprint density at radius 3 is 2.65 bits per heavy atom. The number of hydrogen-bond donors (Lipinski definition) is 1. The SMILES string of the molecule is COc1ccc(C(=O)N/N=C\C(C)(C)CCC#N)cc1. The van der Waals surface area contributed by atoms with Crippen molar-refractivity contribution in [1.29, 1.82) is 5.26 Å². The number of hydrogen-bond acceptors (Lipinski definition) is 4. The van der Waals surface area contributed by atoms with Gasteiger partial charge in [-0.2, -0.15) is 10.4 Å². The van der Waals surface area contributed by atoms with Gasteiger partial charge < -0.3 is 4.74 Å². The number of carbonyl (C=O) groups excluding carboxylic acids is 1. The standard InChI is InChI=1S/C15H19N3O2/c1-15(2,9-4-10-16)11-17-18-14(19)12-5-7-13(20-3)8-6-12/h5-8,11H,4,9H2,1-3H3,(H,18,19)/b17-11-. The molecule has 0 unspecified atom stereocenters. The first-order chi connectivity index (χ1) is 9.48. The van der Waals surface area contributed by atoms with Crippen LogP contribution in [-0.4, -0.2) is 19.2 Å². The maximum Gasteiger partial charge on any atom is 0.271 e. The van der Waals surface area contributed by atoms with Gasteiger partial charge in [0.05, 0.1) is 13.2 Å². The molecule has 5 heteroatoms. The maximum atomic E-state index is 11.8. The number of carbonyl (C=O) groups is 1. The fourth-order valence-electron chi connectivity index (χ4n) is 1.52. The van der Waals surface area contributed by atoms with Gasteiger partial charge in [0, 0.05) is 23.6 Å². The first-order valence-corrected chi connectivity index (χ1v) is 6.34. The minimum Gasteiger partial charge on any atom is -0.497 e. The number of hydrazone groups is 1. The Bertz CT molecular complexity index is 513. The smallest absolute Gasteiger partial charge is 0.271 e. The number of nitrogens with zero attached hydrogens (tertiary/aromatic N) is 2. The number of rotatable bonds is 6. The summed E-state index contributed by atoms with van der Waals surface area (Å²) < 4.78 is 5.02. The molecule has 0 saturated carbocycles. The topological polar surface area (TPSA) is 74.5 Å². The van der Waals surface area contributed by atoms with Crippen LogP contribution >= 0.6 is 0 Å². The molecule has 0 aromatic heterocycles.